The fourth-order valence-corrected chi connectivity index (χ4v) is 4.36. The number of rotatable bonds is 6. The van der Waals surface area contributed by atoms with Crippen molar-refractivity contribution in [3.63, 3.8) is 0 Å². The van der Waals surface area contributed by atoms with Gasteiger partial charge in [-0.2, -0.15) is 13.2 Å². The first-order valence-corrected chi connectivity index (χ1v) is 11.0. The molecule has 0 saturated carbocycles. The van der Waals surface area contributed by atoms with Crippen LogP contribution >= 0.6 is 0 Å². The molecule has 0 atom stereocenters. The molecule has 34 heavy (non-hydrogen) atoms. The number of hydrogen-bond donors (Lipinski definition) is 1. The van der Waals surface area contributed by atoms with Gasteiger partial charge in [-0.05, 0) is 56.6 Å². The summed E-state index contributed by atoms with van der Waals surface area (Å²) in [6.07, 6.45) is -0.650. The van der Waals surface area contributed by atoms with Crippen LogP contribution in [0.1, 0.15) is 34.7 Å². The van der Waals surface area contributed by atoms with Crippen molar-refractivity contribution in [2.75, 3.05) is 40.9 Å². The summed E-state index contributed by atoms with van der Waals surface area (Å²) in [4.78, 5) is 19.4. The standard InChI is InChI=1S/C24H27F3N4O3/c1-30-8-6-15(7-9-30)16-4-5-19-18(10-16)29-14-31(19)17-11-20(33-2)22(21(12-17)34-3)23(32)28-13-24(25,26)27/h4-5,10-12,14-15H,6-9,13H2,1-3H3,(H,28,32). The number of nitrogens with one attached hydrogen (secondary N) is 1. The molecule has 0 radical (unpaired) electrons. The van der Waals surface area contributed by atoms with Gasteiger partial charge in [0.25, 0.3) is 5.91 Å². The molecule has 0 aliphatic carbocycles. The van der Waals surface area contributed by atoms with Crippen LogP contribution in [0.25, 0.3) is 16.7 Å². The molecule has 4 rings (SSSR count). The Bertz CT molecular complexity index is 1160. The number of ether oxygens (including phenoxy) is 2. The van der Waals surface area contributed by atoms with Crippen molar-refractivity contribution < 1.29 is 27.4 Å². The molecule has 2 heterocycles. The minimum Gasteiger partial charge on any atom is -0.496 e. The number of aromatic nitrogens is 2. The molecule has 1 aliphatic heterocycles. The molecule has 0 spiro atoms. The molecule has 10 heteroatoms. The van der Waals surface area contributed by atoms with Crippen molar-refractivity contribution in [1.82, 2.24) is 19.8 Å². The molecule has 1 saturated heterocycles. The van der Waals surface area contributed by atoms with E-state index in [1.807, 2.05) is 16.0 Å². The van der Waals surface area contributed by atoms with E-state index in [4.69, 9.17) is 9.47 Å². The Labute approximate surface area is 195 Å². The summed E-state index contributed by atoms with van der Waals surface area (Å²) in [5.41, 5.74) is 3.46. The first-order chi connectivity index (χ1) is 16.2. The SMILES string of the molecule is COc1cc(-n2cnc3cc(C4CCN(C)CC4)ccc32)cc(OC)c1C(=O)NCC(F)(F)F. The molecule has 3 aromatic rings. The number of carbonyl (C=O) groups excluding carboxylic acids is 1. The summed E-state index contributed by atoms with van der Waals surface area (Å²) >= 11 is 0. The maximum Gasteiger partial charge on any atom is 0.405 e. The zero-order valence-electron chi connectivity index (χ0n) is 19.3. The van der Waals surface area contributed by atoms with Crippen LogP contribution < -0.4 is 14.8 Å². The van der Waals surface area contributed by atoms with Gasteiger partial charge in [0.2, 0.25) is 0 Å². The van der Waals surface area contributed by atoms with Crippen molar-refractivity contribution in [1.29, 1.82) is 0 Å². The maximum absolute atomic E-state index is 12.6. The molecular weight excluding hydrogens is 449 g/mol. The number of alkyl halides is 3. The van der Waals surface area contributed by atoms with Crippen molar-refractivity contribution in [3.05, 3.63) is 47.8 Å². The number of carbonyl (C=O) groups is 1. The lowest BCUT2D eigenvalue weighted by atomic mass is 9.89. The summed E-state index contributed by atoms with van der Waals surface area (Å²) in [5, 5.41) is 1.87. The van der Waals surface area contributed by atoms with Gasteiger partial charge >= 0.3 is 6.18 Å². The Kier molecular flexibility index (Phi) is 6.70. The zero-order valence-corrected chi connectivity index (χ0v) is 19.3. The summed E-state index contributed by atoms with van der Waals surface area (Å²) in [7, 11) is 4.83. The highest BCUT2D eigenvalue weighted by atomic mass is 19.4. The Balaban J connectivity index is 1.67. The van der Waals surface area contributed by atoms with Gasteiger partial charge in [0.15, 0.2) is 0 Å². The van der Waals surface area contributed by atoms with Gasteiger partial charge in [0.1, 0.15) is 29.9 Å². The van der Waals surface area contributed by atoms with E-state index in [2.05, 4.69) is 29.1 Å². The summed E-state index contributed by atoms with van der Waals surface area (Å²) in [5.74, 6) is -0.242. The third kappa shape index (κ3) is 4.96. The highest BCUT2D eigenvalue weighted by molar-refractivity contribution is 6.00. The lowest BCUT2D eigenvalue weighted by Crippen LogP contribution is -2.34. The van der Waals surface area contributed by atoms with E-state index >= 15 is 0 Å². The number of piperidine rings is 1. The van der Waals surface area contributed by atoms with E-state index in [1.165, 1.54) is 19.8 Å². The van der Waals surface area contributed by atoms with E-state index < -0.39 is 18.6 Å². The Hall–Kier alpha value is -3.27. The lowest BCUT2D eigenvalue weighted by Gasteiger charge is -2.29. The second-order valence-corrected chi connectivity index (χ2v) is 8.46. The minimum absolute atomic E-state index is 0.0961. The van der Waals surface area contributed by atoms with Crippen molar-refractivity contribution in [2.45, 2.75) is 24.9 Å². The molecule has 0 unspecified atom stereocenters. The number of nitrogens with zero attached hydrogens (tertiary/aromatic N) is 3. The largest absolute Gasteiger partial charge is 0.496 e. The average Bonchev–Trinajstić information content (AvgIpc) is 3.25. The van der Waals surface area contributed by atoms with Crippen LogP contribution in [-0.2, 0) is 0 Å². The van der Waals surface area contributed by atoms with Crippen LogP contribution in [0.3, 0.4) is 0 Å². The molecule has 1 aromatic heterocycles. The van der Waals surface area contributed by atoms with Crippen LogP contribution in [0, 0.1) is 0 Å². The first kappa shape index (κ1) is 23.9. The van der Waals surface area contributed by atoms with Crippen LogP contribution in [0.15, 0.2) is 36.7 Å². The number of likely N-dealkylation sites (tertiary alicyclic amines) is 1. The normalized spacial score (nSPS) is 15.5. The quantitative estimate of drug-likeness (QED) is 0.579. The Morgan fingerprint density at radius 3 is 2.35 bits per heavy atom. The van der Waals surface area contributed by atoms with Crippen LogP contribution in [0.4, 0.5) is 13.2 Å². The van der Waals surface area contributed by atoms with Gasteiger partial charge in [-0.15, -0.1) is 0 Å². The van der Waals surface area contributed by atoms with E-state index in [1.54, 1.807) is 18.5 Å². The molecular formula is C24H27F3N4O3. The lowest BCUT2D eigenvalue weighted by molar-refractivity contribution is -0.123. The second-order valence-electron chi connectivity index (χ2n) is 8.46. The summed E-state index contributed by atoms with van der Waals surface area (Å²) in [6, 6.07) is 9.39. The second kappa shape index (κ2) is 9.54. The average molecular weight is 476 g/mol. The first-order valence-electron chi connectivity index (χ1n) is 11.0. The summed E-state index contributed by atoms with van der Waals surface area (Å²) < 4.78 is 50.2. The maximum atomic E-state index is 12.6. The van der Waals surface area contributed by atoms with Gasteiger partial charge in [-0.25, -0.2) is 4.98 Å². The number of hydrogen-bond acceptors (Lipinski definition) is 5. The zero-order chi connectivity index (χ0) is 24.5. The van der Waals surface area contributed by atoms with Crippen LogP contribution in [-0.4, -0.2) is 67.4 Å². The van der Waals surface area contributed by atoms with E-state index in [9.17, 15) is 18.0 Å². The van der Waals surface area contributed by atoms with E-state index in [-0.39, 0.29) is 17.1 Å². The number of benzene rings is 2. The van der Waals surface area contributed by atoms with E-state index in [0.29, 0.717) is 11.6 Å². The highest BCUT2D eigenvalue weighted by Crippen LogP contribution is 2.35. The van der Waals surface area contributed by atoms with Crippen molar-refractivity contribution in [2.24, 2.45) is 0 Å². The van der Waals surface area contributed by atoms with Gasteiger partial charge in [-0.1, -0.05) is 6.07 Å². The van der Waals surface area contributed by atoms with Crippen LogP contribution in [0.2, 0.25) is 0 Å². The van der Waals surface area contributed by atoms with Crippen molar-refractivity contribution in [3.8, 4) is 17.2 Å². The smallest absolute Gasteiger partial charge is 0.405 e. The Morgan fingerprint density at radius 2 is 1.76 bits per heavy atom. The molecule has 0 bridgehead atoms. The molecule has 182 valence electrons. The third-order valence-electron chi connectivity index (χ3n) is 6.21. The number of methoxy groups -OCH3 is 2. The molecule has 1 aliphatic rings. The Morgan fingerprint density at radius 1 is 1.12 bits per heavy atom. The fraction of sp³-hybridized carbons (Fsp3) is 0.417. The molecule has 7 nitrogen and oxygen atoms in total. The number of halogens is 3. The van der Waals surface area contributed by atoms with Gasteiger partial charge < -0.3 is 19.7 Å². The van der Waals surface area contributed by atoms with Gasteiger partial charge in [0.05, 0.1) is 30.9 Å². The van der Waals surface area contributed by atoms with Crippen molar-refractivity contribution >= 4 is 16.9 Å². The topological polar surface area (TPSA) is 68.6 Å². The van der Waals surface area contributed by atoms with Gasteiger partial charge in [0, 0.05) is 12.1 Å². The molecule has 2 aromatic carbocycles. The number of amides is 1. The summed E-state index contributed by atoms with van der Waals surface area (Å²) in [6.45, 7) is 0.685. The van der Waals surface area contributed by atoms with E-state index in [0.717, 1.165) is 37.0 Å². The predicted molar refractivity (Wildman–Crippen MR) is 122 cm³/mol. The fourth-order valence-electron chi connectivity index (χ4n) is 4.36. The number of imidazole rings is 1. The molecule has 1 N–H and O–H groups in total. The predicted octanol–water partition coefficient (Wildman–Crippen LogP) is 4.14. The monoisotopic (exact) mass is 476 g/mol. The molecule has 1 fully saturated rings. The van der Waals surface area contributed by atoms with Crippen LogP contribution in [0.5, 0.6) is 11.5 Å². The highest BCUT2D eigenvalue weighted by Gasteiger charge is 2.30. The minimum atomic E-state index is -4.53. The third-order valence-corrected chi connectivity index (χ3v) is 6.21. The molecule has 1 amide bonds. The number of fused-ring (bicyclic) bond motifs is 1. The van der Waals surface area contributed by atoms with Gasteiger partial charge in [-0.3, -0.25) is 9.36 Å².